The molecule has 0 spiro atoms. The van der Waals surface area contributed by atoms with Crippen LogP contribution in [0.15, 0.2) is 24.3 Å². The van der Waals surface area contributed by atoms with Crippen molar-refractivity contribution in [3.05, 3.63) is 39.9 Å². The van der Waals surface area contributed by atoms with Gasteiger partial charge >= 0.3 is 5.97 Å². The van der Waals surface area contributed by atoms with Crippen LogP contribution in [0.2, 0.25) is 0 Å². The maximum Gasteiger partial charge on any atom is 0.331 e. The molecule has 0 aromatic heterocycles. The van der Waals surface area contributed by atoms with E-state index in [0.717, 1.165) is 0 Å². The number of ether oxygens (including phenoxy) is 1. The van der Waals surface area contributed by atoms with E-state index in [1.54, 1.807) is 6.92 Å². The fourth-order valence-electron chi connectivity index (χ4n) is 1.80. The van der Waals surface area contributed by atoms with Crippen LogP contribution in [0.1, 0.15) is 25.5 Å². The maximum absolute atomic E-state index is 11.8. The van der Waals surface area contributed by atoms with Crippen molar-refractivity contribution in [2.75, 3.05) is 6.61 Å². The molecule has 8 heteroatoms. The number of esters is 1. The molecule has 0 aliphatic carbocycles. The molecule has 1 aromatic rings. The Morgan fingerprint density at radius 1 is 1.43 bits per heavy atom. The lowest BCUT2D eigenvalue weighted by Crippen LogP contribution is -2.45. The number of rotatable bonds is 6. The number of carbonyl (C=O) groups excluding carboxylic acids is 2. The summed E-state index contributed by atoms with van der Waals surface area (Å²) in [6, 6.07) is 4.03. The second-order valence-corrected chi connectivity index (χ2v) is 4.19. The Morgan fingerprint density at radius 2 is 2.05 bits per heavy atom. The number of aliphatic hydroxyl groups is 1. The molecular formula is C13H16N2O6. The van der Waals surface area contributed by atoms with E-state index in [1.165, 1.54) is 31.2 Å². The number of benzene rings is 1. The fourth-order valence-corrected chi connectivity index (χ4v) is 1.80. The van der Waals surface area contributed by atoms with Crippen molar-refractivity contribution in [2.24, 2.45) is 0 Å². The van der Waals surface area contributed by atoms with Crippen molar-refractivity contribution >= 4 is 17.6 Å². The van der Waals surface area contributed by atoms with E-state index in [9.17, 15) is 24.8 Å². The molecule has 8 nitrogen and oxygen atoms in total. The van der Waals surface area contributed by atoms with E-state index in [4.69, 9.17) is 4.74 Å². The first-order chi connectivity index (χ1) is 9.88. The highest BCUT2D eigenvalue weighted by Crippen LogP contribution is 2.27. The van der Waals surface area contributed by atoms with Crippen molar-refractivity contribution in [2.45, 2.75) is 26.0 Å². The summed E-state index contributed by atoms with van der Waals surface area (Å²) < 4.78 is 4.76. The highest BCUT2D eigenvalue weighted by Gasteiger charge is 2.33. The molecule has 0 fully saturated rings. The van der Waals surface area contributed by atoms with Crippen molar-refractivity contribution in [1.82, 2.24) is 5.32 Å². The van der Waals surface area contributed by atoms with Gasteiger partial charge in [-0.15, -0.1) is 0 Å². The summed E-state index contributed by atoms with van der Waals surface area (Å²) in [4.78, 5) is 33.2. The summed E-state index contributed by atoms with van der Waals surface area (Å²) in [7, 11) is 0. The highest BCUT2D eigenvalue weighted by atomic mass is 16.6. The third kappa shape index (κ3) is 4.25. The van der Waals surface area contributed by atoms with Gasteiger partial charge in [-0.05, 0) is 13.0 Å². The Kier molecular flexibility index (Phi) is 5.79. The van der Waals surface area contributed by atoms with Crippen molar-refractivity contribution in [3.63, 3.8) is 0 Å². The highest BCUT2D eigenvalue weighted by molar-refractivity contribution is 5.84. The molecule has 0 heterocycles. The van der Waals surface area contributed by atoms with Crippen LogP contribution in [-0.2, 0) is 14.3 Å². The normalized spacial score (nSPS) is 13.1. The predicted molar refractivity (Wildman–Crippen MR) is 72.3 cm³/mol. The Hall–Kier alpha value is -2.48. The van der Waals surface area contributed by atoms with Gasteiger partial charge in [0.1, 0.15) is 6.10 Å². The number of carbonyl (C=O) groups is 2. The molecule has 0 aliphatic heterocycles. The molecule has 0 saturated carbocycles. The van der Waals surface area contributed by atoms with E-state index >= 15 is 0 Å². The van der Waals surface area contributed by atoms with Gasteiger partial charge < -0.3 is 15.2 Å². The molecule has 2 unspecified atom stereocenters. The first-order valence-electron chi connectivity index (χ1n) is 6.23. The topological polar surface area (TPSA) is 119 Å². The number of nitrogens with one attached hydrogen (secondary N) is 1. The largest absolute Gasteiger partial charge is 0.464 e. The SMILES string of the molecule is CCOC(=O)C(NC(C)=O)C(O)c1ccccc1[N+](=O)[O-]. The van der Waals surface area contributed by atoms with E-state index < -0.39 is 28.9 Å². The zero-order valence-corrected chi connectivity index (χ0v) is 11.6. The number of hydrogen-bond acceptors (Lipinski definition) is 6. The smallest absolute Gasteiger partial charge is 0.331 e. The van der Waals surface area contributed by atoms with Gasteiger partial charge in [0.15, 0.2) is 6.04 Å². The number of aliphatic hydroxyl groups excluding tert-OH is 1. The van der Waals surface area contributed by atoms with Crippen LogP contribution < -0.4 is 5.32 Å². The standard InChI is InChI=1S/C13H16N2O6/c1-3-21-13(18)11(14-8(2)16)12(17)9-6-4-5-7-10(9)15(19)20/h4-7,11-12,17H,3H2,1-2H3,(H,14,16). The number of nitro benzene ring substituents is 1. The Labute approximate surface area is 120 Å². The minimum absolute atomic E-state index is 0.0541. The molecule has 2 atom stereocenters. The average Bonchev–Trinajstić information content (AvgIpc) is 2.44. The first kappa shape index (κ1) is 16.6. The monoisotopic (exact) mass is 296 g/mol. The van der Waals surface area contributed by atoms with Crippen LogP contribution in [0.3, 0.4) is 0 Å². The van der Waals surface area contributed by atoms with Gasteiger partial charge in [-0.2, -0.15) is 0 Å². The average molecular weight is 296 g/mol. The van der Waals surface area contributed by atoms with Gasteiger partial charge in [0.05, 0.1) is 17.1 Å². The van der Waals surface area contributed by atoms with E-state index in [1.807, 2.05) is 0 Å². The lowest BCUT2D eigenvalue weighted by molar-refractivity contribution is -0.386. The zero-order chi connectivity index (χ0) is 16.0. The van der Waals surface area contributed by atoms with Gasteiger partial charge in [0.25, 0.3) is 5.69 Å². The van der Waals surface area contributed by atoms with Crippen LogP contribution in [0.25, 0.3) is 0 Å². The maximum atomic E-state index is 11.8. The minimum Gasteiger partial charge on any atom is -0.464 e. The summed E-state index contributed by atoms with van der Waals surface area (Å²) >= 11 is 0. The van der Waals surface area contributed by atoms with Crippen LogP contribution in [0.4, 0.5) is 5.69 Å². The van der Waals surface area contributed by atoms with E-state index in [-0.39, 0.29) is 17.9 Å². The van der Waals surface area contributed by atoms with Gasteiger partial charge in [0.2, 0.25) is 5.91 Å². The molecule has 2 N–H and O–H groups in total. The fraction of sp³-hybridized carbons (Fsp3) is 0.385. The second-order valence-electron chi connectivity index (χ2n) is 4.19. The Balaban J connectivity index is 3.16. The summed E-state index contributed by atoms with van der Waals surface area (Å²) in [6.07, 6.45) is -1.59. The molecule has 0 saturated heterocycles. The first-order valence-corrected chi connectivity index (χ1v) is 6.23. The van der Waals surface area contributed by atoms with E-state index in [2.05, 4.69) is 5.32 Å². The van der Waals surface area contributed by atoms with Crippen LogP contribution in [0.5, 0.6) is 0 Å². The van der Waals surface area contributed by atoms with Crippen LogP contribution in [-0.4, -0.2) is 34.6 Å². The lowest BCUT2D eigenvalue weighted by atomic mass is 10.0. The quantitative estimate of drug-likeness (QED) is 0.453. The number of para-hydroxylation sites is 1. The van der Waals surface area contributed by atoms with Gasteiger partial charge in [-0.25, -0.2) is 4.79 Å². The minimum atomic E-state index is -1.59. The van der Waals surface area contributed by atoms with Gasteiger partial charge in [-0.3, -0.25) is 14.9 Å². The van der Waals surface area contributed by atoms with Crippen LogP contribution in [0, 0.1) is 10.1 Å². The summed E-state index contributed by atoms with van der Waals surface area (Å²) in [5, 5.41) is 23.4. The molecule has 21 heavy (non-hydrogen) atoms. The van der Waals surface area contributed by atoms with Crippen molar-refractivity contribution < 1.29 is 24.4 Å². The molecule has 1 amide bonds. The second kappa shape index (κ2) is 7.34. The summed E-state index contributed by atoms with van der Waals surface area (Å²) in [5.74, 6) is -1.43. The lowest BCUT2D eigenvalue weighted by Gasteiger charge is -2.22. The van der Waals surface area contributed by atoms with Crippen molar-refractivity contribution in [1.29, 1.82) is 0 Å². The molecule has 0 aliphatic rings. The number of nitro groups is 1. The third-order valence-electron chi connectivity index (χ3n) is 2.67. The number of nitrogens with zero attached hydrogens (tertiary/aromatic N) is 1. The summed E-state index contributed by atoms with van der Waals surface area (Å²) in [5.41, 5.74) is -0.418. The molecule has 1 rings (SSSR count). The van der Waals surface area contributed by atoms with Gasteiger partial charge in [0, 0.05) is 13.0 Å². The zero-order valence-electron chi connectivity index (χ0n) is 11.6. The predicted octanol–water partition coefficient (Wildman–Crippen LogP) is 0.696. The number of hydrogen-bond donors (Lipinski definition) is 2. The number of amides is 1. The molecule has 1 aromatic carbocycles. The molecule has 0 radical (unpaired) electrons. The molecular weight excluding hydrogens is 280 g/mol. The van der Waals surface area contributed by atoms with Crippen molar-refractivity contribution in [3.8, 4) is 0 Å². The summed E-state index contributed by atoms with van der Waals surface area (Å²) in [6.45, 7) is 2.79. The molecule has 114 valence electrons. The molecule has 0 bridgehead atoms. The Bertz CT molecular complexity index is 545. The van der Waals surface area contributed by atoms with E-state index in [0.29, 0.717) is 0 Å². The Morgan fingerprint density at radius 3 is 2.57 bits per heavy atom. The van der Waals surface area contributed by atoms with Gasteiger partial charge in [-0.1, -0.05) is 12.1 Å². The third-order valence-corrected chi connectivity index (χ3v) is 2.67. The van der Waals surface area contributed by atoms with Crippen LogP contribution >= 0.6 is 0 Å².